The van der Waals surface area contributed by atoms with Crippen LogP contribution in [0.2, 0.25) is 0 Å². The standard InChI is InChI=1S/C15H24BrNOS/c1-11(2)6-8-18-9-7-17-13-4-3-5-14-12(13)10-15(16)19-14/h10-11,13,17H,3-9H2,1-2H3. The minimum atomic E-state index is 0.528. The first-order chi connectivity index (χ1) is 9.16. The van der Waals surface area contributed by atoms with Gasteiger partial charge in [-0.3, -0.25) is 0 Å². The van der Waals surface area contributed by atoms with Crippen LogP contribution in [0.15, 0.2) is 9.85 Å². The molecule has 0 saturated carbocycles. The minimum absolute atomic E-state index is 0.528. The van der Waals surface area contributed by atoms with Gasteiger partial charge in [0.05, 0.1) is 10.4 Å². The highest BCUT2D eigenvalue weighted by atomic mass is 79.9. The zero-order valence-electron chi connectivity index (χ0n) is 11.9. The van der Waals surface area contributed by atoms with Gasteiger partial charge in [-0.25, -0.2) is 0 Å². The molecule has 19 heavy (non-hydrogen) atoms. The zero-order chi connectivity index (χ0) is 13.7. The van der Waals surface area contributed by atoms with E-state index in [1.54, 1.807) is 4.88 Å². The van der Waals surface area contributed by atoms with Gasteiger partial charge in [-0.05, 0) is 59.2 Å². The minimum Gasteiger partial charge on any atom is -0.380 e. The molecular weight excluding hydrogens is 322 g/mol. The number of fused-ring (bicyclic) bond motifs is 1. The third-order valence-electron chi connectivity index (χ3n) is 3.56. The lowest BCUT2D eigenvalue weighted by atomic mass is 9.94. The third kappa shape index (κ3) is 4.85. The summed E-state index contributed by atoms with van der Waals surface area (Å²) in [6, 6.07) is 2.82. The van der Waals surface area contributed by atoms with Crippen LogP contribution in [0.4, 0.5) is 0 Å². The van der Waals surface area contributed by atoms with Crippen LogP contribution in [0, 0.1) is 5.92 Å². The molecule has 0 amide bonds. The second-order valence-corrected chi connectivity index (χ2v) is 8.14. The van der Waals surface area contributed by atoms with Crippen LogP contribution in [0.1, 0.15) is 49.6 Å². The second-order valence-electron chi connectivity index (χ2n) is 5.62. The molecule has 2 nitrogen and oxygen atoms in total. The van der Waals surface area contributed by atoms with Crippen LogP contribution < -0.4 is 5.32 Å². The Balaban J connectivity index is 1.69. The molecule has 0 saturated heterocycles. The van der Waals surface area contributed by atoms with Crippen molar-refractivity contribution in [2.24, 2.45) is 5.92 Å². The summed E-state index contributed by atoms with van der Waals surface area (Å²) in [5.41, 5.74) is 1.50. The van der Waals surface area contributed by atoms with Gasteiger partial charge in [0.25, 0.3) is 0 Å². The molecule has 2 rings (SSSR count). The van der Waals surface area contributed by atoms with E-state index in [2.05, 4.69) is 41.2 Å². The van der Waals surface area contributed by atoms with Gasteiger partial charge in [0, 0.05) is 24.1 Å². The summed E-state index contributed by atoms with van der Waals surface area (Å²) >= 11 is 5.49. The molecule has 0 bridgehead atoms. The van der Waals surface area contributed by atoms with Crippen molar-refractivity contribution in [3.63, 3.8) is 0 Å². The molecule has 1 N–H and O–H groups in total. The van der Waals surface area contributed by atoms with E-state index >= 15 is 0 Å². The topological polar surface area (TPSA) is 21.3 Å². The van der Waals surface area contributed by atoms with Crippen LogP contribution in [-0.4, -0.2) is 19.8 Å². The Morgan fingerprint density at radius 3 is 3.11 bits per heavy atom. The molecule has 0 fully saturated rings. The summed E-state index contributed by atoms with van der Waals surface area (Å²) in [6.07, 6.45) is 4.95. The molecule has 1 aromatic rings. The van der Waals surface area contributed by atoms with Crippen molar-refractivity contribution in [3.05, 3.63) is 20.3 Å². The summed E-state index contributed by atoms with van der Waals surface area (Å²) in [5.74, 6) is 0.733. The molecule has 1 aliphatic rings. The molecule has 0 aliphatic heterocycles. The lowest BCUT2D eigenvalue weighted by Gasteiger charge is -2.23. The Kier molecular flexibility index (Phi) is 6.33. The SMILES string of the molecule is CC(C)CCOCCNC1CCCc2sc(Br)cc21. The number of hydrogen-bond donors (Lipinski definition) is 1. The van der Waals surface area contributed by atoms with E-state index in [-0.39, 0.29) is 0 Å². The van der Waals surface area contributed by atoms with Crippen LogP contribution in [-0.2, 0) is 11.2 Å². The maximum absolute atomic E-state index is 5.66. The lowest BCUT2D eigenvalue weighted by Crippen LogP contribution is -2.27. The van der Waals surface area contributed by atoms with E-state index in [9.17, 15) is 0 Å². The molecule has 0 radical (unpaired) electrons. The first kappa shape index (κ1) is 15.5. The second kappa shape index (κ2) is 7.77. The summed E-state index contributed by atoms with van der Waals surface area (Å²) < 4.78 is 6.92. The summed E-state index contributed by atoms with van der Waals surface area (Å²) in [6.45, 7) is 7.14. The Hall–Kier alpha value is 0.100. The normalized spacial score (nSPS) is 18.8. The molecule has 1 atom stereocenters. The molecule has 108 valence electrons. The molecule has 4 heteroatoms. The molecule has 1 aliphatic carbocycles. The predicted molar refractivity (Wildman–Crippen MR) is 86.0 cm³/mol. The largest absolute Gasteiger partial charge is 0.380 e. The molecule has 0 aromatic carbocycles. The van der Waals surface area contributed by atoms with E-state index in [0.29, 0.717) is 6.04 Å². The number of hydrogen-bond acceptors (Lipinski definition) is 3. The summed E-state index contributed by atoms with van der Waals surface area (Å²) in [5, 5.41) is 3.64. The van der Waals surface area contributed by atoms with Gasteiger partial charge >= 0.3 is 0 Å². The van der Waals surface area contributed by atoms with Gasteiger partial charge in [0.15, 0.2) is 0 Å². The number of ether oxygens (including phenoxy) is 1. The highest BCUT2D eigenvalue weighted by Crippen LogP contribution is 2.37. The number of thiophene rings is 1. The maximum atomic E-state index is 5.66. The number of halogens is 1. The molecule has 1 aromatic heterocycles. The van der Waals surface area contributed by atoms with Crippen molar-refractivity contribution in [1.29, 1.82) is 0 Å². The third-order valence-corrected chi connectivity index (χ3v) is 5.27. The Bertz CT molecular complexity index is 391. The van der Waals surface area contributed by atoms with E-state index in [1.165, 1.54) is 28.6 Å². The average molecular weight is 346 g/mol. The first-order valence-electron chi connectivity index (χ1n) is 7.26. The molecule has 1 unspecified atom stereocenters. The van der Waals surface area contributed by atoms with Gasteiger partial charge in [-0.2, -0.15) is 0 Å². The van der Waals surface area contributed by atoms with Crippen molar-refractivity contribution >= 4 is 27.3 Å². The first-order valence-corrected chi connectivity index (χ1v) is 8.87. The van der Waals surface area contributed by atoms with Gasteiger partial charge in [0.1, 0.15) is 0 Å². The number of nitrogens with one attached hydrogen (secondary N) is 1. The fourth-order valence-corrected chi connectivity index (χ4v) is 4.28. The van der Waals surface area contributed by atoms with E-state index < -0.39 is 0 Å². The Labute approximate surface area is 129 Å². The molecule has 1 heterocycles. The van der Waals surface area contributed by atoms with Crippen molar-refractivity contribution < 1.29 is 4.74 Å². The van der Waals surface area contributed by atoms with Gasteiger partial charge < -0.3 is 10.1 Å². The lowest BCUT2D eigenvalue weighted by molar-refractivity contribution is 0.123. The monoisotopic (exact) mass is 345 g/mol. The average Bonchev–Trinajstić information content (AvgIpc) is 2.74. The highest BCUT2D eigenvalue weighted by Gasteiger charge is 2.21. The van der Waals surface area contributed by atoms with Gasteiger partial charge in [-0.15, -0.1) is 11.3 Å². The van der Waals surface area contributed by atoms with Crippen molar-refractivity contribution in [2.75, 3.05) is 19.8 Å². The fraction of sp³-hybridized carbons (Fsp3) is 0.733. The van der Waals surface area contributed by atoms with Crippen molar-refractivity contribution in [3.8, 4) is 0 Å². The van der Waals surface area contributed by atoms with Crippen molar-refractivity contribution in [2.45, 2.75) is 45.6 Å². The van der Waals surface area contributed by atoms with Gasteiger partial charge in [-0.1, -0.05) is 13.8 Å². The summed E-state index contributed by atoms with van der Waals surface area (Å²) in [7, 11) is 0. The van der Waals surface area contributed by atoms with E-state index in [4.69, 9.17) is 4.74 Å². The fourth-order valence-electron chi connectivity index (χ4n) is 2.46. The van der Waals surface area contributed by atoms with Crippen LogP contribution >= 0.6 is 27.3 Å². The quantitative estimate of drug-likeness (QED) is 0.732. The summed E-state index contributed by atoms with van der Waals surface area (Å²) in [4.78, 5) is 1.55. The van der Waals surface area contributed by atoms with Gasteiger partial charge in [0.2, 0.25) is 0 Å². The van der Waals surface area contributed by atoms with E-state index in [0.717, 1.165) is 32.1 Å². The van der Waals surface area contributed by atoms with Crippen LogP contribution in [0.25, 0.3) is 0 Å². The number of rotatable bonds is 7. The number of aryl methyl sites for hydroxylation is 1. The zero-order valence-corrected chi connectivity index (χ0v) is 14.3. The highest BCUT2D eigenvalue weighted by molar-refractivity contribution is 9.11. The predicted octanol–water partition coefficient (Wildman–Crippen LogP) is 4.54. The van der Waals surface area contributed by atoms with Crippen LogP contribution in [0.3, 0.4) is 0 Å². The molecular formula is C15H24BrNOS. The van der Waals surface area contributed by atoms with Crippen molar-refractivity contribution in [1.82, 2.24) is 5.32 Å². The maximum Gasteiger partial charge on any atom is 0.0704 e. The van der Waals surface area contributed by atoms with E-state index in [1.807, 2.05) is 11.3 Å². The molecule has 0 spiro atoms. The van der Waals surface area contributed by atoms with Crippen LogP contribution in [0.5, 0.6) is 0 Å². The Morgan fingerprint density at radius 1 is 1.47 bits per heavy atom. The smallest absolute Gasteiger partial charge is 0.0704 e. The Morgan fingerprint density at radius 2 is 2.32 bits per heavy atom.